The van der Waals surface area contributed by atoms with Crippen LogP contribution in [0.1, 0.15) is 17.0 Å². The van der Waals surface area contributed by atoms with Crippen molar-refractivity contribution in [3.63, 3.8) is 0 Å². The Bertz CT molecular complexity index is 1230. The number of aryl methyl sites for hydroxylation is 2. The topological polar surface area (TPSA) is 61.9 Å². The van der Waals surface area contributed by atoms with Gasteiger partial charge in [-0.25, -0.2) is 9.07 Å². The smallest absolute Gasteiger partial charge is 0.291 e. The number of nitrogens with zero attached hydrogens (tertiary/aromatic N) is 4. The minimum Gasteiger partial charge on any atom is -0.380 e. The molecule has 0 N–H and O–H groups in total. The van der Waals surface area contributed by atoms with Crippen LogP contribution in [0.4, 0.5) is 4.39 Å². The number of hydrogen-bond donors (Lipinski definition) is 0. The molecule has 0 fully saturated rings. The summed E-state index contributed by atoms with van der Waals surface area (Å²) in [5.74, 6) is -0.356. The summed E-state index contributed by atoms with van der Waals surface area (Å²) in [6, 6.07) is 8.83. The van der Waals surface area contributed by atoms with Crippen LogP contribution in [0.3, 0.4) is 0 Å². The summed E-state index contributed by atoms with van der Waals surface area (Å²) in [4.78, 5) is 17.5. The Kier molecular flexibility index (Phi) is 4.24. The monoisotopic (exact) mass is 366 g/mol. The maximum Gasteiger partial charge on any atom is 0.291 e. The lowest BCUT2D eigenvalue weighted by molar-refractivity contribution is 0.181. The van der Waals surface area contributed by atoms with Crippen LogP contribution < -0.4 is 5.56 Å². The van der Waals surface area contributed by atoms with Crippen LogP contribution >= 0.6 is 0 Å². The molecule has 0 aliphatic carbocycles. The van der Waals surface area contributed by atoms with Gasteiger partial charge in [-0.3, -0.25) is 9.78 Å². The molecule has 0 amide bonds. The number of methoxy groups -OCH3 is 1. The molecule has 0 spiro atoms. The first-order chi connectivity index (χ1) is 13.0. The fraction of sp³-hybridized carbons (Fsp3) is 0.250. The van der Waals surface area contributed by atoms with E-state index in [9.17, 15) is 9.18 Å². The fourth-order valence-corrected chi connectivity index (χ4v) is 3.44. The van der Waals surface area contributed by atoms with Gasteiger partial charge in [0.05, 0.1) is 25.0 Å². The molecule has 0 radical (unpaired) electrons. The van der Waals surface area contributed by atoms with Crippen molar-refractivity contribution in [2.75, 3.05) is 7.11 Å². The highest BCUT2D eigenvalue weighted by molar-refractivity contribution is 6.07. The number of hydrogen-bond acceptors (Lipinski definition) is 4. The Morgan fingerprint density at radius 3 is 2.78 bits per heavy atom. The Balaban J connectivity index is 1.91. The zero-order valence-electron chi connectivity index (χ0n) is 15.4. The third kappa shape index (κ3) is 2.90. The number of aromatic nitrogens is 4. The fourth-order valence-electron chi connectivity index (χ4n) is 3.44. The maximum atomic E-state index is 14.3. The molecule has 1 aromatic carbocycles. The molecule has 0 atom stereocenters. The predicted molar refractivity (Wildman–Crippen MR) is 101 cm³/mol. The zero-order chi connectivity index (χ0) is 19.1. The first-order valence-corrected chi connectivity index (χ1v) is 8.57. The van der Waals surface area contributed by atoms with E-state index >= 15 is 0 Å². The molecular weight excluding hydrogens is 347 g/mol. The second-order valence-corrected chi connectivity index (χ2v) is 6.59. The minimum atomic E-state index is -0.356. The van der Waals surface area contributed by atoms with Crippen molar-refractivity contribution >= 4 is 21.8 Å². The Labute approximate surface area is 154 Å². The predicted octanol–water partition coefficient (Wildman–Crippen LogP) is 2.93. The maximum absolute atomic E-state index is 14.3. The third-order valence-electron chi connectivity index (χ3n) is 4.73. The van der Waals surface area contributed by atoms with E-state index in [4.69, 9.17) is 4.74 Å². The molecule has 0 unspecified atom stereocenters. The lowest BCUT2D eigenvalue weighted by Crippen LogP contribution is -2.24. The Morgan fingerprint density at radius 1 is 1.22 bits per heavy atom. The second kappa shape index (κ2) is 6.59. The summed E-state index contributed by atoms with van der Waals surface area (Å²) in [6.07, 6.45) is 1.62. The van der Waals surface area contributed by atoms with E-state index in [0.29, 0.717) is 21.9 Å². The van der Waals surface area contributed by atoms with Gasteiger partial charge in [0, 0.05) is 41.7 Å². The van der Waals surface area contributed by atoms with E-state index in [2.05, 4.69) is 10.1 Å². The average Bonchev–Trinajstić information content (AvgIpc) is 2.90. The van der Waals surface area contributed by atoms with Gasteiger partial charge in [-0.05, 0) is 31.2 Å². The van der Waals surface area contributed by atoms with Crippen molar-refractivity contribution in [3.05, 3.63) is 69.7 Å². The van der Waals surface area contributed by atoms with Gasteiger partial charge in [0.25, 0.3) is 5.56 Å². The number of ether oxygens (including phenoxy) is 1. The van der Waals surface area contributed by atoms with Crippen LogP contribution in [-0.2, 0) is 24.9 Å². The summed E-state index contributed by atoms with van der Waals surface area (Å²) < 4.78 is 22.6. The van der Waals surface area contributed by atoms with Gasteiger partial charge < -0.3 is 9.30 Å². The average molecular weight is 366 g/mol. The Hall–Kier alpha value is -3.06. The molecule has 3 aromatic heterocycles. The van der Waals surface area contributed by atoms with Gasteiger partial charge in [0.1, 0.15) is 11.3 Å². The first kappa shape index (κ1) is 17.4. The highest BCUT2D eigenvalue weighted by Gasteiger charge is 2.17. The number of benzene rings is 1. The highest BCUT2D eigenvalue weighted by Crippen LogP contribution is 2.28. The molecule has 138 valence electrons. The molecule has 0 aliphatic heterocycles. The third-order valence-corrected chi connectivity index (χ3v) is 4.73. The molecule has 0 saturated carbocycles. The summed E-state index contributed by atoms with van der Waals surface area (Å²) >= 11 is 0. The molecule has 0 saturated heterocycles. The molecular formula is C20H19FN4O2. The van der Waals surface area contributed by atoms with E-state index in [1.54, 1.807) is 23.9 Å². The summed E-state index contributed by atoms with van der Waals surface area (Å²) in [5.41, 5.74) is 3.12. The van der Waals surface area contributed by atoms with E-state index in [-0.39, 0.29) is 24.5 Å². The molecule has 0 bridgehead atoms. The van der Waals surface area contributed by atoms with Gasteiger partial charge in [-0.2, -0.15) is 5.10 Å². The van der Waals surface area contributed by atoms with Gasteiger partial charge >= 0.3 is 0 Å². The second-order valence-electron chi connectivity index (χ2n) is 6.59. The van der Waals surface area contributed by atoms with E-state index in [1.807, 2.05) is 25.1 Å². The molecule has 27 heavy (non-hydrogen) atoms. The van der Waals surface area contributed by atoms with Crippen molar-refractivity contribution in [1.82, 2.24) is 19.3 Å². The lowest BCUT2D eigenvalue weighted by Gasteiger charge is -2.06. The largest absolute Gasteiger partial charge is 0.380 e. The van der Waals surface area contributed by atoms with Crippen LogP contribution in [-0.4, -0.2) is 26.4 Å². The standard InChI is InChI=1S/C20H19FN4O2/c1-12-5-4-6-14(23-12)10-25-20(26)19-16(9-22-25)15-8-17(21)13(11-27-3)7-18(15)24(19)2/h4-9H,10-11H2,1-3H3. The van der Waals surface area contributed by atoms with Crippen LogP contribution in [0, 0.1) is 12.7 Å². The lowest BCUT2D eigenvalue weighted by atomic mass is 10.1. The van der Waals surface area contributed by atoms with E-state index < -0.39 is 0 Å². The Morgan fingerprint density at radius 2 is 2.04 bits per heavy atom. The van der Waals surface area contributed by atoms with E-state index in [0.717, 1.165) is 16.9 Å². The van der Waals surface area contributed by atoms with E-state index in [1.165, 1.54) is 17.9 Å². The van der Waals surface area contributed by atoms with Crippen LogP contribution in [0.2, 0.25) is 0 Å². The van der Waals surface area contributed by atoms with Crippen molar-refractivity contribution in [2.24, 2.45) is 7.05 Å². The summed E-state index contributed by atoms with van der Waals surface area (Å²) in [6.45, 7) is 2.35. The molecule has 0 aliphatic rings. The summed E-state index contributed by atoms with van der Waals surface area (Å²) in [5, 5.41) is 5.58. The SMILES string of the molecule is COCc1cc2c(cc1F)c1cnn(Cc3cccc(C)n3)c(=O)c1n2C. The number of rotatable bonds is 4. The highest BCUT2D eigenvalue weighted by atomic mass is 19.1. The van der Waals surface area contributed by atoms with Gasteiger partial charge in [-0.1, -0.05) is 6.07 Å². The normalized spacial score (nSPS) is 11.6. The first-order valence-electron chi connectivity index (χ1n) is 8.57. The van der Waals surface area contributed by atoms with Gasteiger partial charge in [-0.15, -0.1) is 0 Å². The zero-order valence-corrected chi connectivity index (χ0v) is 15.4. The van der Waals surface area contributed by atoms with Crippen molar-refractivity contribution < 1.29 is 9.13 Å². The molecule has 7 heteroatoms. The number of pyridine rings is 1. The van der Waals surface area contributed by atoms with Crippen molar-refractivity contribution in [1.29, 1.82) is 0 Å². The van der Waals surface area contributed by atoms with Gasteiger partial charge in [0.2, 0.25) is 0 Å². The molecule has 6 nitrogen and oxygen atoms in total. The van der Waals surface area contributed by atoms with Crippen molar-refractivity contribution in [2.45, 2.75) is 20.1 Å². The molecule has 3 heterocycles. The van der Waals surface area contributed by atoms with Crippen LogP contribution in [0.15, 0.2) is 41.3 Å². The van der Waals surface area contributed by atoms with Crippen LogP contribution in [0.25, 0.3) is 21.8 Å². The summed E-state index contributed by atoms with van der Waals surface area (Å²) in [7, 11) is 3.32. The van der Waals surface area contributed by atoms with Gasteiger partial charge in [0.15, 0.2) is 0 Å². The molecule has 4 rings (SSSR count). The number of halogens is 1. The van der Waals surface area contributed by atoms with Crippen LogP contribution in [0.5, 0.6) is 0 Å². The number of fused-ring (bicyclic) bond motifs is 3. The minimum absolute atomic E-state index is 0.171. The quantitative estimate of drug-likeness (QED) is 0.557. The molecule has 4 aromatic rings. The van der Waals surface area contributed by atoms with Crippen molar-refractivity contribution in [3.8, 4) is 0 Å².